The van der Waals surface area contributed by atoms with Crippen molar-refractivity contribution in [3.8, 4) is 0 Å². The summed E-state index contributed by atoms with van der Waals surface area (Å²) in [4.78, 5) is 40.1. The van der Waals surface area contributed by atoms with Crippen molar-refractivity contribution >= 4 is 25.6 Å². The van der Waals surface area contributed by atoms with Crippen molar-refractivity contribution in [1.29, 1.82) is 0 Å². The van der Waals surface area contributed by atoms with E-state index in [0.29, 0.717) is 32.4 Å². The number of hydrogen-bond donors (Lipinski definition) is 0. The first-order valence-corrected chi connectivity index (χ1v) is 16.1. The van der Waals surface area contributed by atoms with Gasteiger partial charge in [0.25, 0.3) is 0 Å². The fraction of sp³-hybridized carbons (Fsp3) is 0.531. The fourth-order valence-electron chi connectivity index (χ4n) is 5.01. The SMILES string of the molecule is CCOC(CCCc1ccccc1)[PH](=O)CC(=O)N1C[C@@H](Cc2ccccc2)C[C@H]1C(=O)OCOC(=O)C(C)(C)C. The summed E-state index contributed by atoms with van der Waals surface area (Å²) in [5, 5.41) is 0. The Morgan fingerprint density at radius 1 is 0.976 bits per heavy atom. The van der Waals surface area contributed by atoms with E-state index in [1.807, 2.05) is 55.5 Å². The van der Waals surface area contributed by atoms with Gasteiger partial charge in [-0.15, -0.1) is 0 Å². The second kappa shape index (κ2) is 15.9. The van der Waals surface area contributed by atoms with Crippen LogP contribution in [0.1, 0.15) is 58.1 Å². The molecule has 8 nitrogen and oxygen atoms in total. The van der Waals surface area contributed by atoms with Crippen LogP contribution in [-0.4, -0.2) is 60.7 Å². The average Bonchev–Trinajstić information content (AvgIpc) is 3.37. The number of aryl methyl sites for hydroxylation is 1. The van der Waals surface area contributed by atoms with Crippen LogP contribution in [-0.2, 0) is 46.0 Å². The lowest BCUT2D eigenvalue weighted by Gasteiger charge is -2.25. The summed E-state index contributed by atoms with van der Waals surface area (Å²) < 4.78 is 29.6. The lowest BCUT2D eigenvalue weighted by molar-refractivity contribution is -0.176. The Hall–Kier alpha value is -2.96. The minimum absolute atomic E-state index is 0.0342. The van der Waals surface area contributed by atoms with E-state index in [4.69, 9.17) is 14.2 Å². The van der Waals surface area contributed by atoms with Crippen molar-refractivity contribution in [3.63, 3.8) is 0 Å². The largest absolute Gasteiger partial charge is 0.427 e. The molecule has 4 atom stereocenters. The zero-order valence-corrected chi connectivity index (χ0v) is 25.7. The summed E-state index contributed by atoms with van der Waals surface area (Å²) in [6.07, 6.45) is 3.18. The van der Waals surface area contributed by atoms with Gasteiger partial charge in [0.2, 0.25) is 12.7 Å². The van der Waals surface area contributed by atoms with E-state index in [0.717, 1.165) is 18.4 Å². The van der Waals surface area contributed by atoms with Gasteiger partial charge >= 0.3 is 11.9 Å². The van der Waals surface area contributed by atoms with Crippen molar-refractivity contribution in [2.24, 2.45) is 11.3 Å². The van der Waals surface area contributed by atoms with E-state index in [9.17, 15) is 18.9 Å². The van der Waals surface area contributed by atoms with Crippen LogP contribution in [0.25, 0.3) is 0 Å². The highest BCUT2D eigenvalue weighted by molar-refractivity contribution is 7.46. The van der Waals surface area contributed by atoms with E-state index in [1.165, 1.54) is 10.5 Å². The summed E-state index contributed by atoms with van der Waals surface area (Å²) in [5.41, 5.74) is 1.59. The number of hydrogen-bond acceptors (Lipinski definition) is 7. The van der Waals surface area contributed by atoms with Crippen LogP contribution in [0.3, 0.4) is 0 Å². The van der Waals surface area contributed by atoms with E-state index in [1.54, 1.807) is 20.8 Å². The molecule has 2 aromatic carbocycles. The van der Waals surface area contributed by atoms with Gasteiger partial charge in [0.15, 0.2) is 0 Å². The Labute approximate surface area is 244 Å². The lowest BCUT2D eigenvalue weighted by atomic mass is 9.97. The van der Waals surface area contributed by atoms with E-state index in [2.05, 4.69) is 12.1 Å². The number of likely N-dealkylation sites (tertiary alicyclic amines) is 1. The predicted octanol–water partition coefficient (Wildman–Crippen LogP) is 5.48. The molecule has 0 aliphatic carbocycles. The van der Waals surface area contributed by atoms with E-state index in [-0.39, 0.29) is 18.0 Å². The molecule has 1 amide bonds. The van der Waals surface area contributed by atoms with Crippen molar-refractivity contribution in [2.45, 2.75) is 71.7 Å². The second-order valence-electron chi connectivity index (χ2n) is 11.6. The zero-order chi connectivity index (χ0) is 29.8. The predicted molar refractivity (Wildman–Crippen MR) is 159 cm³/mol. The van der Waals surface area contributed by atoms with Crippen LogP contribution in [0.5, 0.6) is 0 Å². The normalized spacial score (nSPS) is 18.5. The molecule has 1 fully saturated rings. The molecular weight excluding hydrogens is 541 g/mol. The quantitative estimate of drug-likeness (QED) is 0.164. The number of carbonyl (C=O) groups excluding carboxylic acids is 3. The number of nitrogens with zero attached hydrogens (tertiary/aromatic N) is 1. The Morgan fingerprint density at radius 3 is 2.22 bits per heavy atom. The molecule has 0 bridgehead atoms. The molecule has 0 saturated carbocycles. The number of amides is 1. The Morgan fingerprint density at radius 2 is 1.61 bits per heavy atom. The van der Waals surface area contributed by atoms with Gasteiger partial charge in [0, 0.05) is 13.2 Å². The molecule has 1 heterocycles. The molecule has 2 aromatic rings. The standard InChI is InChI=1S/C32H44NO7P/c1-5-38-29(18-12-17-24-13-8-6-9-14-24)41(37)22-28(34)33-21-26(19-25-15-10-7-11-16-25)20-27(33)30(35)39-23-40-31(36)32(2,3)4/h6-11,13-16,26-27,29,41H,5,12,17-23H2,1-4H3/t26-,27-,29?/m0/s1. The molecule has 0 spiro atoms. The third kappa shape index (κ3) is 10.4. The van der Waals surface area contributed by atoms with Crippen LogP contribution in [0.15, 0.2) is 60.7 Å². The van der Waals surface area contributed by atoms with Crippen molar-refractivity contribution in [3.05, 3.63) is 71.8 Å². The summed E-state index contributed by atoms with van der Waals surface area (Å²) >= 11 is 0. The van der Waals surface area contributed by atoms with Crippen LogP contribution in [0.4, 0.5) is 0 Å². The van der Waals surface area contributed by atoms with Gasteiger partial charge in [-0.1, -0.05) is 60.7 Å². The maximum atomic E-state index is 13.5. The highest BCUT2D eigenvalue weighted by Gasteiger charge is 2.41. The van der Waals surface area contributed by atoms with Crippen LogP contribution < -0.4 is 0 Å². The first-order chi connectivity index (χ1) is 19.6. The van der Waals surface area contributed by atoms with Crippen molar-refractivity contribution in [2.75, 3.05) is 26.1 Å². The highest BCUT2D eigenvalue weighted by atomic mass is 31.1. The minimum Gasteiger partial charge on any atom is -0.427 e. The molecule has 0 aromatic heterocycles. The topological polar surface area (TPSA) is 99.2 Å². The first-order valence-electron chi connectivity index (χ1n) is 14.4. The Balaban J connectivity index is 1.63. The minimum atomic E-state index is -2.43. The molecule has 1 aliphatic rings. The van der Waals surface area contributed by atoms with Gasteiger partial charge in [-0.3, -0.25) is 9.59 Å². The van der Waals surface area contributed by atoms with E-state index >= 15 is 0 Å². The van der Waals surface area contributed by atoms with Crippen molar-refractivity contribution in [1.82, 2.24) is 4.90 Å². The van der Waals surface area contributed by atoms with Gasteiger partial charge in [0.1, 0.15) is 19.7 Å². The smallest absolute Gasteiger partial charge is 0.331 e. The second-order valence-corrected chi connectivity index (χ2v) is 13.5. The first kappa shape index (κ1) is 32.6. The molecule has 1 aliphatic heterocycles. The van der Waals surface area contributed by atoms with Gasteiger partial charge in [-0.2, -0.15) is 0 Å². The number of ether oxygens (including phenoxy) is 3. The Bertz CT molecular complexity index is 1150. The van der Waals surface area contributed by atoms with Crippen molar-refractivity contribution < 1.29 is 33.2 Å². The number of rotatable bonds is 14. The number of esters is 2. The van der Waals surface area contributed by atoms with Gasteiger partial charge in [0.05, 0.1) is 11.6 Å². The summed E-state index contributed by atoms with van der Waals surface area (Å²) in [6, 6.07) is 19.1. The van der Waals surface area contributed by atoms with E-state index < -0.39 is 43.8 Å². The fourth-order valence-corrected chi connectivity index (χ4v) is 6.62. The third-order valence-corrected chi connectivity index (χ3v) is 9.00. The molecule has 0 radical (unpaired) electrons. The summed E-state index contributed by atoms with van der Waals surface area (Å²) in [6.45, 7) is 7.24. The molecule has 41 heavy (non-hydrogen) atoms. The van der Waals surface area contributed by atoms with Gasteiger partial charge in [-0.05, 0) is 76.8 Å². The van der Waals surface area contributed by atoms with Crippen LogP contribution in [0.2, 0.25) is 0 Å². The summed E-state index contributed by atoms with van der Waals surface area (Å²) in [7, 11) is -2.43. The highest BCUT2D eigenvalue weighted by Crippen LogP contribution is 2.35. The Kier molecular flexibility index (Phi) is 12.6. The van der Waals surface area contributed by atoms with Crippen LogP contribution >= 0.6 is 7.80 Å². The molecule has 1 saturated heterocycles. The molecule has 3 rings (SSSR count). The number of carbonyl (C=O) groups is 3. The van der Waals surface area contributed by atoms with Gasteiger partial charge < -0.3 is 23.7 Å². The molecule has 2 unspecified atom stereocenters. The number of benzene rings is 2. The maximum absolute atomic E-state index is 13.5. The van der Waals surface area contributed by atoms with Crippen LogP contribution in [0, 0.1) is 11.3 Å². The zero-order valence-electron chi connectivity index (χ0n) is 24.7. The average molecular weight is 586 g/mol. The molecule has 9 heteroatoms. The molecular formula is C32H44NO7P. The van der Waals surface area contributed by atoms with Gasteiger partial charge in [-0.25, -0.2) is 4.79 Å². The molecule has 224 valence electrons. The monoisotopic (exact) mass is 585 g/mol. The lowest BCUT2D eigenvalue weighted by Crippen LogP contribution is -2.43. The third-order valence-electron chi connectivity index (χ3n) is 7.18. The molecule has 0 N–H and O–H groups in total. The maximum Gasteiger partial charge on any atom is 0.331 e. The summed E-state index contributed by atoms with van der Waals surface area (Å²) in [5.74, 6) is -1.92.